The Labute approximate surface area is 146 Å². The highest BCUT2D eigenvalue weighted by Gasteiger charge is 2.21. The van der Waals surface area contributed by atoms with E-state index in [4.69, 9.17) is 27.9 Å². The van der Waals surface area contributed by atoms with Crippen molar-refractivity contribution in [3.63, 3.8) is 0 Å². The third-order valence-corrected chi connectivity index (χ3v) is 5.78. The van der Waals surface area contributed by atoms with E-state index in [-0.39, 0.29) is 16.5 Å². The first-order valence-corrected chi connectivity index (χ1v) is 9.17. The smallest absolute Gasteiger partial charge is 0.243 e. The van der Waals surface area contributed by atoms with Crippen LogP contribution in [0.2, 0.25) is 10.0 Å². The maximum atomic E-state index is 12.6. The molecule has 0 radical (unpaired) electrons. The number of sulfonamides is 1. The predicted molar refractivity (Wildman–Crippen MR) is 92.7 cm³/mol. The molecule has 0 bridgehead atoms. The van der Waals surface area contributed by atoms with Crippen molar-refractivity contribution in [3.05, 3.63) is 58.1 Å². The molecule has 0 amide bonds. The van der Waals surface area contributed by atoms with Gasteiger partial charge in [0.15, 0.2) is 0 Å². The van der Waals surface area contributed by atoms with Crippen LogP contribution in [0, 0.1) is 0 Å². The second kappa shape index (κ2) is 7.53. The first-order chi connectivity index (χ1) is 10.8. The molecule has 0 heterocycles. The van der Waals surface area contributed by atoms with Gasteiger partial charge >= 0.3 is 0 Å². The zero-order chi connectivity index (χ0) is 17.0. The lowest BCUT2D eigenvalue weighted by Gasteiger charge is -2.18. The second-order valence-corrected chi connectivity index (χ2v) is 7.77. The molecule has 0 aromatic heterocycles. The highest BCUT2D eigenvalue weighted by Crippen LogP contribution is 2.26. The summed E-state index contributed by atoms with van der Waals surface area (Å²) >= 11 is 11.7. The zero-order valence-corrected chi connectivity index (χ0v) is 15.1. The van der Waals surface area contributed by atoms with Gasteiger partial charge < -0.3 is 4.74 Å². The molecular weight excluding hydrogens is 357 g/mol. The Bertz CT molecular complexity index is 776. The fourth-order valence-corrected chi connectivity index (χ4v) is 3.57. The molecule has 0 unspecified atom stereocenters. The summed E-state index contributed by atoms with van der Waals surface area (Å²) in [6.07, 6.45) is 0. The van der Waals surface area contributed by atoms with Gasteiger partial charge in [-0.1, -0.05) is 35.3 Å². The van der Waals surface area contributed by atoms with Crippen molar-refractivity contribution < 1.29 is 13.2 Å². The summed E-state index contributed by atoms with van der Waals surface area (Å²) in [6.45, 7) is 2.74. The Balaban J connectivity index is 2.17. The molecule has 2 aromatic carbocycles. The highest BCUT2D eigenvalue weighted by molar-refractivity contribution is 7.89. The van der Waals surface area contributed by atoms with E-state index in [0.29, 0.717) is 11.6 Å². The van der Waals surface area contributed by atoms with Crippen molar-refractivity contribution in [3.8, 4) is 5.75 Å². The van der Waals surface area contributed by atoms with Crippen LogP contribution in [0.1, 0.15) is 12.5 Å². The normalized spacial score (nSPS) is 11.7. The van der Waals surface area contributed by atoms with Crippen molar-refractivity contribution in [2.24, 2.45) is 0 Å². The number of halogens is 2. The number of ether oxygens (including phenoxy) is 1. The van der Waals surface area contributed by atoms with Gasteiger partial charge in [-0.15, -0.1) is 0 Å². The predicted octanol–water partition coefficient (Wildman–Crippen LogP) is 4.21. The molecule has 0 aliphatic carbocycles. The molecule has 124 valence electrons. The average Bonchev–Trinajstić information content (AvgIpc) is 2.52. The summed E-state index contributed by atoms with van der Waals surface area (Å²) in [5.41, 5.74) is 0.861. The van der Waals surface area contributed by atoms with E-state index in [0.717, 1.165) is 11.3 Å². The van der Waals surface area contributed by atoms with Gasteiger partial charge in [-0.05, 0) is 42.8 Å². The van der Waals surface area contributed by atoms with Gasteiger partial charge in [0.25, 0.3) is 0 Å². The first kappa shape index (κ1) is 18.1. The first-order valence-electron chi connectivity index (χ1n) is 6.97. The van der Waals surface area contributed by atoms with Crippen molar-refractivity contribution in [2.75, 3.05) is 13.7 Å². The van der Waals surface area contributed by atoms with Crippen LogP contribution in [0.25, 0.3) is 0 Å². The Morgan fingerprint density at radius 2 is 1.70 bits per heavy atom. The van der Waals surface area contributed by atoms with E-state index in [2.05, 4.69) is 0 Å². The lowest BCUT2D eigenvalue weighted by molar-refractivity contribution is 0.340. The average molecular weight is 374 g/mol. The van der Waals surface area contributed by atoms with Gasteiger partial charge in [0, 0.05) is 13.6 Å². The lowest BCUT2D eigenvalue weighted by Crippen LogP contribution is -2.26. The summed E-state index contributed by atoms with van der Waals surface area (Å²) in [7, 11) is -2.12. The fraction of sp³-hybridized carbons (Fsp3) is 0.250. The number of hydrogen-bond donors (Lipinski definition) is 0. The summed E-state index contributed by atoms with van der Waals surface area (Å²) in [5.74, 6) is 0.756. The van der Waals surface area contributed by atoms with E-state index in [1.54, 1.807) is 0 Å². The quantitative estimate of drug-likeness (QED) is 0.761. The molecule has 0 N–H and O–H groups in total. The van der Waals surface area contributed by atoms with Crippen molar-refractivity contribution >= 4 is 33.2 Å². The van der Waals surface area contributed by atoms with Gasteiger partial charge in [0.2, 0.25) is 10.0 Å². The molecular formula is C16H17Cl2NO3S. The van der Waals surface area contributed by atoms with E-state index in [9.17, 15) is 8.42 Å². The number of nitrogens with zero attached hydrogens (tertiary/aromatic N) is 1. The molecule has 0 fully saturated rings. The summed E-state index contributed by atoms with van der Waals surface area (Å²) in [5, 5.41) is 0.530. The SMILES string of the molecule is CCOc1ccc(CN(C)S(=O)(=O)c2ccc(Cl)c(Cl)c2)cc1. The van der Waals surface area contributed by atoms with E-state index >= 15 is 0 Å². The lowest BCUT2D eigenvalue weighted by atomic mass is 10.2. The second-order valence-electron chi connectivity index (χ2n) is 4.91. The molecule has 0 saturated carbocycles. The monoisotopic (exact) mass is 373 g/mol. The van der Waals surface area contributed by atoms with Crippen LogP contribution in [0.15, 0.2) is 47.4 Å². The van der Waals surface area contributed by atoms with Crippen molar-refractivity contribution in [2.45, 2.75) is 18.4 Å². The van der Waals surface area contributed by atoms with Crippen LogP contribution in [-0.4, -0.2) is 26.4 Å². The van der Waals surface area contributed by atoms with E-state index < -0.39 is 10.0 Å². The summed E-state index contributed by atoms with van der Waals surface area (Å²) in [6, 6.07) is 11.6. The molecule has 0 atom stereocenters. The third kappa shape index (κ3) is 4.38. The highest BCUT2D eigenvalue weighted by atomic mass is 35.5. The van der Waals surface area contributed by atoms with Gasteiger partial charge in [-0.3, -0.25) is 0 Å². The molecule has 2 rings (SSSR count). The maximum absolute atomic E-state index is 12.6. The molecule has 0 saturated heterocycles. The largest absolute Gasteiger partial charge is 0.494 e. The molecule has 0 aliphatic heterocycles. The Morgan fingerprint density at radius 1 is 1.04 bits per heavy atom. The van der Waals surface area contributed by atoms with Gasteiger partial charge in [0.1, 0.15) is 5.75 Å². The number of benzene rings is 2. The topological polar surface area (TPSA) is 46.6 Å². The minimum absolute atomic E-state index is 0.111. The standard InChI is InChI=1S/C16H17Cl2NO3S/c1-3-22-13-6-4-12(5-7-13)11-19(2)23(20,21)14-8-9-15(17)16(18)10-14/h4-10H,3,11H2,1-2H3. The molecule has 4 nitrogen and oxygen atoms in total. The van der Waals surface area contributed by atoms with Gasteiger partial charge in [-0.25, -0.2) is 8.42 Å². The summed E-state index contributed by atoms with van der Waals surface area (Å²) in [4.78, 5) is 0.111. The van der Waals surface area contributed by atoms with Crippen LogP contribution >= 0.6 is 23.2 Å². The van der Waals surface area contributed by atoms with E-state index in [1.165, 1.54) is 29.6 Å². The minimum Gasteiger partial charge on any atom is -0.494 e. The van der Waals surface area contributed by atoms with Crippen LogP contribution < -0.4 is 4.74 Å². The molecule has 0 aliphatic rings. The molecule has 7 heteroatoms. The number of hydrogen-bond acceptors (Lipinski definition) is 3. The number of rotatable bonds is 6. The molecule has 23 heavy (non-hydrogen) atoms. The summed E-state index contributed by atoms with van der Waals surface area (Å²) < 4.78 is 31.8. The van der Waals surface area contributed by atoms with Gasteiger partial charge in [0.05, 0.1) is 21.5 Å². The van der Waals surface area contributed by atoms with Crippen molar-refractivity contribution in [1.82, 2.24) is 4.31 Å². The maximum Gasteiger partial charge on any atom is 0.243 e. The Kier molecular flexibility index (Phi) is 5.92. The third-order valence-electron chi connectivity index (χ3n) is 3.24. The van der Waals surface area contributed by atoms with Crippen LogP contribution in [0.4, 0.5) is 0 Å². The Morgan fingerprint density at radius 3 is 2.26 bits per heavy atom. The fourth-order valence-electron chi connectivity index (χ4n) is 2.02. The van der Waals surface area contributed by atoms with Crippen LogP contribution in [-0.2, 0) is 16.6 Å². The Hall–Kier alpha value is -1.27. The van der Waals surface area contributed by atoms with Crippen LogP contribution in [0.5, 0.6) is 5.75 Å². The molecule has 0 spiro atoms. The van der Waals surface area contributed by atoms with E-state index in [1.807, 2.05) is 31.2 Å². The van der Waals surface area contributed by atoms with Crippen LogP contribution in [0.3, 0.4) is 0 Å². The van der Waals surface area contributed by atoms with Gasteiger partial charge in [-0.2, -0.15) is 4.31 Å². The van der Waals surface area contributed by atoms with Crippen molar-refractivity contribution in [1.29, 1.82) is 0 Å². The molecule has 2 aromatic rings. The minimum atomic E-state index is -3.64. The zero-order valence-electron chi connectivity index (χ0n) is 12.8.